The monoisotopic (exact) mass is 176 g/mol. The summed E-state index contributed by atoms with van der Waals surface area (Å²) in [5.74, 6) is 0. The van der Waals surface area contributed by atoms with Crippen molar-refractivity contribution in [3.63, 3.8) is 0 Å². The van der Waals surface area contributed by atoms with Gasteiger partial charge < -0.3 is 5.32 Å². The fourth-order valence-electron chi connectivity index (χ4n) is 0.657. The van der Waals surface area contributed by atoms with Gasteiger partial charge in [-0.1, -0.05) is 11.6 Å². The van der Waals surface area contributed by atoms with Crippen LogP contribution >= 0.6 is 22.9 Å². The molecule has 0 saturated heterocycles. The molecule has 1 heterocycles. The van der Waals surface area contributed by atoms with Crippen LogP contribution < -0.4 is 5.32 Å². The number of halogens is 1. The Hall–Kier alpha value is -0.120. The minimum absolute atomic E-state index is 0.634. The summed E-state index contributed by atoms with van der Waals surface area (Å²) in [6, 6.07) is 0. The van der Waals surface area contributed by atoms with Gasteiger partial charge in [-0.2, -0.15) is 0 Å². The molecular weight excluding hydrogens is 168 g/mol. The average Bonchev–Trinajstić information content (AvgIpc) is 2.14. The first-order valence-electron chi connectivity index (χ1n) is 3.00. The Morgan fingerprint density at radius 3 is 2.80 bits per heavy atom. The van der Waals surface area contributed by atoms with Crippen molar-refractivity contribution in [1.29, 1.82) is 0 Å². The van der Waals surface area contributed by atoms with Crippen LogP contribution in [0.25, 0.3) is 0 Å². The average molecular weight is 177 g/mol. The van der Waals surface area contributed by atoms with Crippen LogP contribution in [-0.2, 0) is 6.54 Å². The van der Waals surface area contributed by atoms with E-state index in [4.69, 9.17) is 11.6 Å². The Kier molecular flexibility index (Phi) is 2.65. The Morgan fingerprint density at radius 2 is 2.40 bits per heavy atom. The highest BCUT2D eigenvalue weighted by molar-refractivity contribution is 7.12. The molecule has 1 aromatic heterocycles. The van der Waals surface area contributed by atoms with E-state index in [1.165, 1.54) is 0 Å². The van der Waals surface area contributed by atoms with E-state index in [2.05, 4.69) is 10.3 Å². The molecule has 4 heteroatoms. The van der Waals surface area contributed by atoms with Crippen LogP contribution in [0.3, 0.4) is 0 Å². The second-order valence-corrected chi connectivity index (χ2v) is 3.63. The molecule has 0 atom stereocenters. The molecule has 56 valence electrons. The lowest BCUT2D eigenvalue weighted by atomic mass is 10.6. The van der Waals surface area contributed by atoms with Crippen molar-refractivity contribution in [2.45, 2.75) is 13.5 Å². The smallest absolute Gasteiger partial charge is 0.143 e. The molecule has 1 N–H and O–H groups in total. The molecule has 0 spiro atoms. The molecule has 1 rings (SSSR count). The number of aromatic nitrogens is 1. The third-order valence-corrected chi connectivity index (χ3v) is 2.56. The first-order chi connectivity index (χ1) is 4.74. The van der Waals surface area contributed by atoms with Crippen LogP contribution in [0.15, 0.2) is 0 Å². The van der Waals surface area contributed by atoms with Gasteiger partial charge in [0.2, 0.25) is 0 Å². The van der Waals surface area contributed by atoms with E-state index < -0.39 is 0 Å². The number of nitrogens with one attached hydrogen (secondary N) is 1. The van der Waals surface area contributed by atoms with Crippen molar-refractivity contribution in [2.75, 3.05) is 7.05 Å². The van der Waals surface area contributed by atoms with Crippen molar-refractivity contribution in [2.24, 2.45) is 0 Å². The van der Waals surface area contributed by atoms with Crippen LogP contribution in [0.1, 0.15) is 9.88 Å². The first-order valence-corrected chi connectivity index (χ1v) is 4.20. The second-order valence-electron chi connectivity index (χ2n) is 1.98. The van der Waals surface area contributed by atoms with Crippen molar-refractivity contribution in [3.8, 4) is 0 Å². The molecule has 0 saturated carbocycles. The van der Waals surface area contributed by atoms with Gasteiger partial charge in [-0.15, -0.1) is 11.3 Å². The summed E-state index contributed by atoms with van der Waals surface area (Å²) in [5, 5.41) is 4.69. The largest absolute Gasteiger partial charge is 0.314 e. The molecule has 0 unspecified atom stereocenters. The highest BCUT2D eigenvalue weighted by Crippen LogP contribution is 2.20. The molecule has 1 aromatic rings. The summed E-state index contributed by atoms with van der Waals surface area (Å²) in [6.45, 7) is 2.78. The number of hydrogen-bond acceptors (Lipinski definition) is 3. The van der Waals surface area contributed by atoms with E-state index in [0.717, 1.165) is 16.4 Å². The quantitative estimate of drug-likeness (QED) is 0.744. The minimum Gasteiger partial charge on any atom is -0.314 e. The maximum Gasteiger partial charge on any atom is 0.143 e. The molecule has 0 aliphatic heterocycles. The molecular formula is C6H9ClN2S. The predicted octanol–water partition coefficient (Wildman–Crippen LogP) is 1.82. The number of nitrogens with zero attached hydrogens (tertiary/aromatic N) is 1. The normalized spacial score (nSPS) is 10.3. The van der Waals surface area contributed by atoms with Gasteiger partial charge in [-0.05, 0) is 14.0 Å². The zero-order chi connectivity index (χ0) is 7.56. The zero-order valence-electron chi connectivity index (χ0n) is 5.94. The molecule has 0 aromatic carbocycles. The van der Waals surface area contributed by atoms with Gasteiger partial charge in [0, 0.05) is 11.4 Å². The van der Waals surface area contributed by atoms with E-state index >= 15 is 0 Å². The number of aryl methyl sites for hydroxylation is 1. The molecule has 0 radical (unpaired) electrons. The molecule has 0 bridgehead atoms. The van der Waals surface area contributed by atoms with E-state index in [-0.39, 0.29) is 0 Å². The van der Waals surface area contributed by atoms with E-state index in [9.17, 15) is 0 Å². The standard InChI is InChI=1S/C6H9ClN2S/c1-4-6(7)9-5(10-4)3-8-2/h8H,3H2,1-2H3. The fraction of sp³-hybridized carbons (Fsp3) is 0.500. The number of hydrogen-bond donors (Lipinski definition) is 1. The third kappa shape index (κ3) is 1.68. The minimum atomic E-state index is 0.634. The topological polar surface area (TPSA) is 24.9 Å². The van der Waals surface area contributed by atoms with Gasteiger partial charge in [0.25, 0.3) is 0 Å². The first kappa shape index (κ1) is 7.98. The SMILES string of the molecule is CNCc1nc(Cl)c(C)s1. The van der Waals surface area contributed by atoms with Gasteiger partial charge in [0.1, 0.15) is 10.2 Å². The maximum absolute atomic E-state index is 5.74. The lowest BCUT2D eigenvalue weighted by Gasteiger charge is -1.88. The molecule has 0 aliphatic rings. The molecule has 0 aliphatic carbocycles. The Balaban J connectivity index is 2.77. The van der Waals surface area contributed by atoms with E-state index in [1.54, 1.807) is 11.3 Å². The van der Waals surface area contributed by atoms with Crippen LogP contribution in [0.2, 0.25) is 5.15 Å². The Bertz CT molecular complexity index is 202. The fourth-order valence-corrected chi connectivity index (χ4v) is 1.76. The number of thiazole rings is 1. The summed E-state index contributed by atoms with van der Waals surface area (Å²) in [4.78, 5) is 5.21. The Labute approximate surface area is 69.2 Å². The van der Waals surface area contributed by atoms with Gasteiger partial charge in [0.15, 0.2) is 0 Å². The maximum atomic E-state index is 5.74. The van der Waals surface area contributed by atoms with Crippen LogP contribution in [0.4, 0.5) is 0 Å². The highest BCUT2D eigenvalue weighted by Gasteiger charge is 2.02. The lowest BCUT2D eigenvalue weighted by Crippen LogP contribution is -2.03. The van der Waals surface area contributed by atoms with Gasteiger partial charge >= 0.3 is 0 Å². The third-order valence-electron chi connectivity index (χ3n) is 1.11. The van der Waals surface area contributed by atoms with E-state index in [1.807, 2.05) is 14.0 Å². The molecule has 0 amide bonds. The number of rotatable bonds is 2. The van der Waals surface area contributed by atoms with Gasteiger partial charge in [0.05, 0.1) is 0 Å². The molecule has 2 nitrogen and oxygen atoms in total. The van der Waals surface area contributed by atoms with Gasteiger partial charge in [-0.3, -0.25) is 0 Å². The summed E-state index contributed by atoms with van der Waals surface area (Å²) in [7, 11) is 1.89. The zero-order valence-corrected chi connectivity index (χ0v) is 7.51. The lowest BCUT2D eigenvalue weighted by molar-refractivity contribution is 0.810. The molecule has 10 heavy (non-hydrogen) atoms. The summed E-state index contributed by atoms with van der Waals surface area (Å²) in [6.07, 6.45) is 0. The van der Waals surface area contributed by atoms with Crippen LogP contribution in [-0.4, -0.2) is 12.0 Å². The molecule has 0 fully saturated rings. The van der Waals surface area contributed by atoms with E-state index in [0.29, 0.717) is 5.15 Å². The van der Waals surface area contributed by atoms with Crippen molar-refractivity contribution < 1.29 is 0 Å². The van der Waals surface area contributed by atoms with Crippen molar-refractivity contribution in [3.05, 3.63) is 15.0 Å². The summed E-state index contributed by atoms with van der Waals surface area (Å²) >= 11 is 7.37. The van der Waals surface area contributed by atoms with Crippen molar-refractivity contribution >= 4 is 22.9 Å². The Morgan fingerprint density at radius 1 is 1.70 bits per heavy atom. The van der Waals surface area contributed by atoms with Gasteiger partial charge in [-0.25, -0.2) is 4.98 Å². The van der Waals surface area contributed by atoms with Crippen molar-refractivity contribution in [1.82, 2.24) is 10.3 Å². The second kappa shape index (κ2) is 3.32. The summed E-state index contributed by atoms with van der Waals surface area (Å²) in [5.41, 5.74) is 0. The summed E-state index contributed by atoms with van der Waals surface area (Å²) < 4.78 is 0. The highest BCUT2D eigenvalue weighted by atomic mass is 35.5. The predicted molar refractivity (Wildman–Crippen MR) is 44.6 cm³/mol. The van der Waals surface area contributed by atoms with Crippen LogP contribution in [0, 0.1) is 6.92 Å². The van der Waals surface area contributed by atoms with Crippen LogP contribution in [0.5, 0.6) is 0 Å².